The summed E-state index contributed by atoms with van der Waals surface area (Å²) in [6, 6.07) is 6.26. The molecule has 2 unspecified atom stereocenters. The average molecular weight is 364 g/mol. The van der Waals surface area contributed by atoms with Crippen LogP contribution in [0.3, 0.4) is 0 Å². The Morgan fingerprint density at radius 3 is 2.80 bits per heavy atom. The van der Waals surface area contributed by atoms with Crippen molar-refractivity contribution >= 4 is 40.4 Å². The molecule has 1 aliphatic rings. The number of furan rings is 1. The smallest absolute Gasteiger partial charge is 0.322 e. The molecule has 2 aromatic rings. The van der Waals surface area contributed by atoms with Crippen LogP contribution in [-0.2, 0) is 9.59 Å². The quantitative estimate of drug-likeness (QED) is 0.711. The minimum atomic E-state index is -1.06. The molecule has 0 radical (unpaired) electrons. The zero-order valence-electron chi connectivity index (χ0n) is 13.8. The van der Waals surface area contributed by atoms with Crippen LogP contribution in [0.2, 0.25) is 5.02 Å². The van der Waals surface area contributed by atoms with Crippen molar-refractivity contribution in [2.75, 3.05) is 0 Å². The number of benzene rings is 1. The molecule has 1 aliphatic heterocycles. The number of imide groups is 1. The van der Waals surface area contributed by atoms with Gasteiger partial charge in [-0.25, -0.2) is 4.79 Å². The molecule has 0 bridgehead atoms. The van der Waals surface area contributed by atoms with Crippen LogP contribution in [0.25, 0.3) is 11.0 Å². The Labute approximate surface area is 149 Å². The second kappa shape index (κ2) is 6.40. The van der Waals surface area contributed by atoms with Crippen molar-refractivity contribution in [3.05, 3.63) is 35.0 Å². The molecule has 1 saturated heterocycles. The molecule has 3 rings (SSSR count). The lowest BCUT2D eigenvalue weighted by atomic mass is 9.96. The largest absolute Gasteiger partial charge is 0.459 e. The number of hydrogen-bond acceptors (Lipinski definition) is 4. The predicted molar refractivity (Wildman–Crippen MR) is 92.1 cm³/mol. The third-order valence-electron chi connectivity index (χ3n) is 4.27. The fourth-order valence-electron chi connectivity index (χ4n) is 2.75. The van der Waals surface area contributed by atoms with Gasteiger partial charge in [-0.1, -0.05) is 11.6 Å². The van der Waals surface area contributed by atoms with E-state index in [2.05, 4.69) is 16.0 Å². The first kappa shape index (κ1) is 17.3. The van der Waals surface area contributed by atoms with Crippen LogP contribution in [0.5, 0.6) is 0 Å². The summed E-state index contributed by atoms with van der Waals surface area (Å²) in [7, 11) is 0. The van der Waals surface area contributed by atoms with Gasteiger partial charge < -0.3 is 15.1 Å². The van der Waals surface area contributed by atoms with Gasteiger partial charge in [0.05, 0.1) is 6.04 Å². The number of fused-ring (bicyclic) bond motifs is 1. The predicted octanol–water partition coefficient (Wildman–Crippen LogP) is 2.64. The van der Waals surface area contributed by atoms with Crippen LogP contribution in [0, 0.1) is 0 Å². The summed E-state index contributed by atoms with van der Waals surface area (Å²) in [6.07, 6.45) is 0.305. The summed E-state index contributed by atoms with van der Waals surface area (Å²) in [4.78, 5) is 35.1. The lowest BCUT2D eigenvalue weighted by Crippen LogP contribution is -2.44. The number of carbonyl (C=O) groups excluding carboxylic acids is 3. The van der Waals surface area contributed by atoms with Crippen LogP contribution >= 0.6 is 11.6 Å². The van der Waals surface area contributed by atoms with Gasteiger partial charge in [0, 0.05) is 16.8 Å². The van der Waals surface area contributed by atoms with Crippen LogP contribution < -0.4 is 16.0 Å². The van der Waals surface area contributed by atoms with Gasteiger partial charge in [0.1, 0.15) is 16.9 Å². The highest BCUT2D eigenvalue weighted by Gasteiger charge is 2.41. The molecule has 132 valence electrons. The first-order valence-corrected chi connectivity index (χ1v) is 8.26. The normalized spacial score (nSPS) is 21.1. The molecule has 1 fully saturated rings. The Bertz CT molecular complexity index is 863. The van der Waals surface area contributed by atoms with E-state index < -0.39 is 17.5 Å². The van der Waals surface area contributed by atoms with Crippen molar-refractivity contribution in [1.29, 1.82) is 0 Å². The molecule has 0 saturated carbocycles. The number of hydrogen-bond donors (Lipinski definition) is 3. The zero-order chi connectivity index (χ0) is 18.2. The van der Waals surface area contributed by atoms with E-state index in [-0.39, 0.29) is 24.8 Å². The van der Waals surface area contributed by atoms with Crippen LogP contribution in [0.15, 0.2) is 28.7 Å². The molecule has 0 spiro atoms. The second-order valence-electron chi connectivity index (χ2n) is 6.36. The standard InChI is InChI=1S/C17H18ClN3O4/c1-9(13-8-10-7-11(18)3-4-12(10)25-13)19-14(22)5-6-17(2)15(23)20-16(24)21-17/h3-4,7-9H,5-6H2,1-2H3,(H,19,22)(H2,20,21,23,24). The van der Waals surface area contributed by atoms with Gasteiger partial charge >= 0.3 is 6.03 Å². The van der Waals surface area contributed by atoms with Gasteiger partial charge in [-0.15, -0.1) is 0 Å². The van der Waals surface area contributed by atoms with E-state index >= 15 is 0 Å². The fraction of sp³-hybridized carbons (Fsp3) is 0.353. The summed E-state index contributed by atoms with van der Waals surface area (Å²) in [6.45, 7) is 3.40. The molecular formula is C17H18ClN3O4. The molecule has 2 heterocycles. The van der Waals surface area contributed by atoms with Gasteiger partial charge in [0.15, 0.2) is 0 Å². The van der Waals surface area contributed by atoms with Crippen molar-refractivity contribution < 1.29 is 18.8 Å². The Kier molecular flexibility index (Phi) is 4.43. The lowest BCUT2D eigenvalue weighted by molar-refractivity contribution is -0.125. The molecule has 2 atom stereocenters. The number of amides is 4. The van der Waals surface area contributed by atoms with E-state index in [1.807, 2.05) is 13.0 Å². The van der Waals surface area contributed by atoms with E-state index in [1.54, 1.807) is 25.1 Å². The highest BCUT2D eigenvalue weighted by molar-refractivity contribution is 6.31. The monoisotopic (exact) mass is 363 g/mol. The summed E-state index contributed by atoms with van der Waals surface area (Å²) in [5, 5.41) is 9.01. The Hall–Kier alpha value is -2.54. The Morgan fingerprint density at radius 2 is 2.12 bits per heavy atom. The summed E-state index contributed by atoms with van der Waals surface area (Å²) in [5.41, 5.74) is -0.369. The van der Waals surface area contributed by atoms with E-state index in [1.165, 1.54) is 0 Å². The van der Waals surface area contributed by atoms with Crippen molar-refractivity contribution in [2.45, 2.75) is 38.3 Å². The average Bonchev–Trinajstić information content (AvgIpc) is 3.06. The zero-order valence-corrected chi connectivity index (χ0v) is 14.6. The fourth-order valence-corrected chi connectivity index (χ4v) is 2.93. The molecule has 25 heavy (non-hydrogen) atoms. The Balaban J connectivity index is 1.60. The summed E-state index contributed by atoms with van der Waals surface area (Å²) < 4.78 is 5.72. The molecule has 8 heteroatoms. The maximum Gasteiger partial charge on any atom is 0.322 e. The maximum absolute atomic E-state index is 12.2. The first-order chi connectivity index (χ1) is 11.8. The van der Waals surface area contributed by atoms with Crippen molar-refractivity contribution in [2.24, 2.45) is 0 Å². The van der Waals surface area contributed by atoms with Gasteiger partial charge in [-0.2, -0.15) is 0 Å². The first-order valence-electron chi connectivity index (χ1n) is 7.89. The maximum atomic E-state index is 12.2. The molecule has 1 aromatic carbocycles. The summed E-state index contributed by atoms with van der Waals surface area (Å²) >= 11 is 5.96. The number of nitrogens with one attached hydrogen (secondary N) is 3. The van der Waals surface area contributed by atoms with E-state index in [4.69, 9.17) is 16.0 Å². The van der Waals surface area contributed by atoms with Crippen LogP contribution in [0.4, 0.5) is 4.79 Å². The molecule has 7 nitrogen and oxygen atoms in total. The lowest BCUT2D eigenvalue weighted by Gasteiger charge is -2.20. The third-order valence-corrected chi connectivity index (χ3v) is 4.51. The van der Waals surface area contributed by atoms with Gasteiger partial charge in [-0.05, 0) is 44.5 Å². The molecule has 4 amide bonds. The minimum Gasteiger partial charge on any atom is -0.459 e. The van der Waals surface area contributed by atoms with E-state index in [9.17, 15) is 14.4 Å². The number of halogens is 1. The minimum absolute atomic E-state index is 0.0978. The molecular weight excluding hydrogens is 346 g/mol. The van der Waals surface area contributed by atoms with Gasteiger partial charge in [0.2, 0.25) is 5.91 Å². The summed E-state index contributed by atoms with van der Waals surface area (Å²) in [5.74, 6) is -0.0441. The van der Waals surface area contributed by atoms with E-state index in [0.29, 0.717) is 16.4 Å². The van der Waals surface area contributed by atoms with Crippen molar-refractivity contribution in [1.82, 2.24) is 16.0 Å². The van der Waals surface area contributed by atoms with Crippen LogP contribution in [0.1, 0.15) is 38.5 Å². The SMILES string of the molecule is CC(NC(=O)CCC1(C)NC(=O)NC1=O)c1cc2cc(Cl)ccc2o1. The van der Waals surface area contributed by atoms with Crippen molar-refractivity contribution in [3.8, 4) is 0 Å². The van der Waals surface area contributed by atoms with Crippen LogP contribution in [-0.4, -0.2) is 23.4 Å². The molecule has 3 N–H and O–H groups in total. The highest BCUT2D eigenvalue weighted by Crippen LogP contribution is 2.26. The highest BCUT2D eigenvalue weighted by atomic mass is 35.5. The Morgan fingerprint density at radius 1 is 1.36 bits per heavy atom. The molecule has 0 aliphatic carbocycles. The number of rotatable bonds is 5. The van der Waals surface area contributed by atoms with Gasteiger partial charge in [-0.3, -0.25) is 14.9 Å². The topological polar surface area (TPSA) is 100 Å². The molecule has 1 aromatic heterocycles. The van der Waals surface area contributed by atoms with Crippen molar-refractivity contribution in [3.63, 3.8) is 0 Å². The number of carbonyl (C=O) groups is 3. The number of urea groups is 1. The van der Waals surface area contributed by atoms with E-state index in [0.717, 1.165) is 5.39 Å². The second-order valence-corrected chi connectivity index (χ2v) is 6.80. The van der Waals surface area contributed by atoms with Gasteiger partial charge in [0.25, 0.3) is 5.91 Å². The third kappa shape index (κ3) is 3.61.